The molecule has 6 heteroatoms. The largest absolute Gasteiger partial charge is 0.493 e. The second-order valence-electron chi connectivity index (χ2n) is 6.73. The van der Waals surface area contributed by atoms with Gasteiger partial charge in [-0.15, -0.1) is 24.0 Å². The van der Waals surface area contributed by atoms with E-state index in [1.807, 2.05) is 18.2 Å². The Hall–Kier alpha value is -1.18. The first-order valence-electron chi connectivity index (χ1n) is 9.14. The molecule has 0 radical (unpaired) electrons. The number of likely N-dealkylation sites (tertiary alicyclic amines) is 1. The zero-order chi connectivity index (χ0) is 16.8. The van der Waals surface area contributed by atoms with E-state index in [-0.39, 0.29) is 24.0 Å². The summed E-state index contributed by atoms with van der Waals surface area (Å²) in [4.78, 5) is 6.75. The number of nitrogens with two attached hydrogens (primary N) is 1. The van der Waals surface area contributed by atoms with Crippen molar-refractivity contribution in [3.8, 4) is 11.5 Å². The maximum absolute atomic E-state index is 6.15. The van der Waals surface area contributed by atoms with Gasteiger partial charge in [0.15, 0.2) is 17.5 Å². The van der Waals surface area contributed by atoms with Crippen LogP contribution in [0.25, 0.3) is 0 Å². The normalized spacial score (nSPS) is 18.8. The van der Waals surface area contributed by atoms with Crippen molar-refractivity contribution in [1.82, 2.24) is 4.90 Å². The molecule has 1 saturated heterocycles. The van der Waals surface area contributed by atoms with E-state index < -0.39 is 0 Å². The van der Waals surface area contributed by atoms with E-state index in [4.69, 9.17) is 15.2 Å². The van der Waals surface area contributed by atoms with E-state index in [0.29, 0.717) is 18.6 Å². The summed E-state index contributed by atoms with van der Waals surface area (Å²) in [5.41, 5.74) is 7.24. The van der Waals surface area contributed by atoms with Crippen molar-refractivity contribution in [3.05, 3.63) is 23.8 Å². The number of halogens is 1. The monoisotopic (exact) mass is 459 g/mol. The smallest absolute Gasteiger partial charge is 0.191 e. The zero-order valence-corrected chi connectivity index (χ0v) is 17.4. The fourth-order valence-electron chi connectivity index (χ4n) is 3.49. The molecule has 2 N–H and O–H groups in total. The minimum atomic E-state index is 0. The Morgan fingerprint density at radius 3 is 2.52 bits per heavy atom. The first kappa shape index (κ1) is 20.1. The van der Waals surface area contributed by atoms with E-state index in [0.717, 1.165) is 43.0 Å². The average Bonchev–Trinajstić information content (AvgIpc) is 3.13. The number of nitrogens with zero attached hydrogens (tertiary/aromatic N) is 2. The topological polar surface area (TPSA) is 60.1 Å². The van der Waals surface area contributed by atoms with E-state index in [9.17, 15) is 0 Å². The molecule has 0 bridgehead atoms. The summed E-state index contributed by atoms with van der Waals surface area (Å²) in [5.74, 6) is 2.27. The molecule has 0 atom stereocenters. The van der Waals surface area contributed by atoms with Crippen LogP contribution < -0.4 is 15.2 Å². The molecule has 1 aromatic carbocycles. The molecule has 3 rings (SSSR count). The summed E-state index contributed by atoms with van der Waals surface area (Å²) in [6.07, 6.45) is 8.80. The molecule has 1 saturated carbocycles. The fraction of sp³-hybridized carbons (Fsp3) is 0.632. The number of ether oxygens (including phenoxy) is 2. The van der Waals surface area contributed by atoms with E-state index in [1.54, 1.807) is 7.11 Å². The van der Waals surface area contributed by atoms with Gasteiger partial charge in [0.05, 0.1) is 19.8 Å². The highest BCUT2D eigenvalue weighted by Crippen LogP contribution is 2.32. The zero-order valence-electron chi connectivity index (χ0n) is 15.1. The van der Waals surface area contributed by atoms with Crippen molar-refractivity contribution in [2.45, 2.75) is 57.6 Å². The van der Waals surface area contributed by atoms with Crippen LogP contribution in [0.2, 0.25) is 0 Å². The second-order valence-corrected chi connectivity index (χ2v) is 6.73. The molecule has 0 aromatic heterocycles. The van der Waals surface area contributed by atoms with Crippen LogP contribution in [0.4, 0.5) is 0 Å². The summed E-state index contributed by atoms with van der Waals surface area (Å²) in [5, 5.41) is 0. The average molecular weight is 459 g/mol. The lowest BCUT2D eigenvalue weighted by Crippen LogP contribution is -2.40. The van der Waals surface area contributed by atoms with E-state index in [1.165, 1.54) is 32.1 Å². The fourth-order valence-corrected chi connectivity index (χ4v) is 3.49. The lowest BCUT2D eigenvalue weighted by Gasteiger charge is -2.27. The quantitative estimate of drug-likeness (QED) is 0.412. The summed E-state index contributed by atoms with van der Waals surface area (Å²) in [6, 6.07) is 6.05. The Kier molecular flexibility index (Phi) is 8.12. The number of methoxy groups -OCH3 is 1. The maximum atomic E-state index is 6.15. The Labute approximate surface area is 168 Å². The molecule has 140 valence electrons. The molecule has 1 aromatic rings. The Morgan fingerprint density at radius 2 is 1.84 bits per heavy atom. The van der Waals surface area contributed by atoms with Gasteiger partial charge in [-0.05, 0) is 62.6 Å². The van der Waals surface area contributed by atoms with Crippen LogP contribution in [-0.4, -0.2) is 37.2 Å². The molecule has 5 nitrogen and oxygen atoms in total. The number of aliphatic imine (C=N–C) groups is 1. The van der Waals surface area contributed by atoms with Gasteiger partial charge in [-0.3, -0.25) is 0 Å². The van der Waals surface area contributed by atoms with Gasteiger partial charge in [-0.25, -0.2) is 4.99 Å². The van der Waals surface area contributed by atoms with Crippen LogP contribution in [-0.2, 0) is 6.54 Å². The van der Waals surface area contributed by atoms with Crippen molar-refractivity contribution in [2.24, 2.45) is 10.7 Å². The third kappa shape index (κ3) is 5.66. The maximum Gasteiger partial charge on any atom is 0.191 e. The van der Waals surface area contributed by atoms with Gasteiger partial charge in [-0.1, -0.05) is 6.07 Å². The van der Waals surface area contributed by atoms with Crippen LogP contribution >= 0.6 is 24.0 Å². The molecule has 0 spiro atoms. The predicted octanol–water partition coefficient (Wildman–Crippen LogP) is 3.94. The van der Waals surface area contributed by atoms with Crippen molar-refractivity contribution in [3.63, 3.8) is 0 Å². The van der Waals surface area contributed by atoms with Gasteiger partial charge in [0, 0.05) is 13.1 Å². The van der Waals surface area contributed by atoms with Gasteiger partial charge < -0.3 is 20.1 Å². The number of hydrogen-bond donors (Lipinski definition) is 1. The number of rotatable bonds is 5. The van der Waals surface area contributed by atoms with Crippen LogP contribution in [0.1, 0.15) is 50.5 Å². The van der Waals surface area contributed by atoms with Crippen LogP contribution in [0.3, 0.4) is 0 Å². The van der Waals surface area contributed by atoms with Crippen LogP contribution in [0.5, 0.6) is 11.5 Å². The molecule has 2 aliphatic rings. The van der Waals surface area contributed by atoms with Crippen molar-refractivity contribution < 1.29 is 9.47 Å². The van der Waals surface area contributed by atoms with Gasteiger partial charge in [0.1, 0.15) is 0 Å². The third-order valence-electron chi connectivity index (χ3n) is 4.93. The highest BCUT2D eigenvalue weighted by molar-refractivity contribution is 14.0. The first-order valence-corrected chi connectivity index (χ1v) is 9.14. The van der Waals surface area contributed by atoms with Gasteiger partial charge in [0.25, 0.3) is 0 Å². The van der Waals surface area contributed by atoms with E-state index >= 15 is 0 Å². The standard InChI is InChI=1S/C19H29N3O2.HI/c1-23-17-10-9-15(13-18(17)24-16-7-3-4-8-16)14-21-19(20)22-11-5-2-6-12-22;/h9-10,13,16H,2-8,11-12,14H2,1H3,(H2,20,21);1H. The minimum absolute atomic E-state index is 0. The lowest BCUT2D eigenvalue weighted by atomic mass is 10.1. The minimum Gasteiger partial charge on any atom is -0.493 e. The van der Waals surface area contributed by atoms with Crippen LogP contribution in [0.15, 0.2) is 23.2 Å². The second kappa shape index (κ2) is 10.1. The molecule has 1 aliphatic carbocycles. The molecular formula is C19H30IN3O2. The third-order valence-corrected chi connectivity index (χ3v) is 4.93. The SMILES string of the molecule is COc1ccc(CN=C(N)N2CCCCC2)cc1OC1CCCC1.I. The lowest BCUT2D eigenvalue weighted by molar-refractivity contribution is 0.200. The first-order chi connectivity index (χ1) is 11.8. The van der Waals surface area contributed by atoms with Crippen molar-refractivity contribution in [1.29, 1.82) is 0 Å². The molecule has 1 heterocycles. The van der Waals surface area contributed by atoms with Gasteiger partial charge >= 0.3 is 0 Å². The molecule has 2 fully saturated rings. The Bertz CT molecular complexity index is 568. The Morgan fingerprint density at radius 1 is 1.12 bits per heavy atom. The van der Waals surface area contributed by atoms with Gasteiger partial charge in [0.2, 0.25) is 0 Å². The predicted molar refractivity (Wildman–Crippen MR) is 112 cm³/mol. The summed E-state index contributed by atoms with van der Waals surface area (Å²) >= 11 is 0. The number of piperidine rings is 1. The van der Waals surface area contributed by atoms with E-state index in [2.05, 4.69) is 9.89 Å². The summed E-state index contributed by atoms with van der Waals surface area (Å²) in [6.45, 7) is 2.62. The molecular weight excluding hydrogens is 429 g/mol. The Balaban J connectivity index is 0.00000225. The number of hydrogen-bond acceptors (Lipinski definition) is 3. The number of benzene rings is 1. The van der Waals surface area contributed by atoms with Crippen LogP contribution in [0, 0.1) is 0 Å². The molecule has 0 unspecified atom stereocenters. The molecule has 25 heavy (non-hydrogen) atoms. The summed E-state index contributed by atoms with van der Waals surface area (Å²) < 4.78 is 11.6. The van der Waals surface area contributed by atoms with Gasteiger partial charge in [-0.2, -0.15) is 0 Å². The highest BCUT2D eigenvalue weighted by Gasteiger charge is 2.18. The number of guanidine groups is 1. The van der Waals surface area contributed by atoms with Crippen molar-refractivity contribution >= 4 is 29.9 Å². The highest BCUT2D eigenvalue weighted by atomic mass is 127. The summed E-state index contributed by atoms with van der Waals surface area (Å²) in [7, 11) is 1.68. The molecule has 0 amide bonds. The van der Waals surface area contributed by atoms with Crippen molar-refractivity contribution in [2.75, 3.05) is 20.2 Å². The molecule has 1 aliphatic heterocycles.